The lowest BCUT2D eigenvalue weighted by molar-refractivity contribution is 0.0955. The number of ether oxygens (including phenoxy) is 2. The number of halogens is 1. The van der Waals surface area contributed by atoms with E-state index in [-0.39, 0.29) is 39.2 Å². The molecule has 0 aliphatic rings. The first-order valence-electron chi connectivity index (χ1n) is 9.32. The zero-order valence-electron chi connectivity index (χ0n) is 17.0. The summed E-state index contributed by atoms with van der Waals surface area (Å²) in [7, 11) is 2.83. The van der Waals surface area contributed by atoms with Gasteiger partial charge in [-0.15, -0.1) is 11.3 Å². The molecule has 164 valence electrons. The van der Waals surface area contributed by atoms with Crippen molar-refractivity contribution in [1.82, 2.24) is 19.9 Å². The van der Waals surface area contributed by atoms with Crippen LogP contribution in [0.1, 0.15) is 15.2 Å². The summed E-state index contributed by atoms with van der Waals surface area (Å²) >= 11 is 0.946. The highest BCUT2D eigenvalue weighted by Gasteiger charge is 2.18. The Labute approximate surface area is 184 Å². The first-order chi connectivity index (χ1) is 15.4. The number of pyridine rings is 1. The standard InChI is InChI=1S/C21H17FN4O5S/c1-30-14-7-8-16(25-19(14)31-2)26-20(28)17-13(24-21(26)29)9-15(32-17)18(27)23-10-11-3-5-12(22)6-4-11/h3-9H,10H2,1-2H3,(H,23,27)(H,24,29). The minimum atomic E-state index is -0.710. The molecule has 0 atom stereocenters. The van der Waals surface area contributed by atoms with Crippen molar-refractivity contribution in [3.05, 3.63) is 79.6 Å². The summed E-state index contributed by atoms with van der Waals surface area (Å²) in [4.78, 5) is 45.2. The molecule has 0 fully saturated rings. The average Bonchev–Trinajstić information content (AvgIpc) is 3.22. The van der Waals surface area contributed by atoms with E-state index >= 15 is 0 Å². The second kappa shape index (κ2) is 8.63. The van der Waals surface area contributed by atoms with Gasteiger partial charge in [0.15, 0.2) is 5.75 Å². The van der Waals surface area contributed by atoms with E-state index < -0.39 is 17.2 Å². The molecule has 4 aromatic rings. The van der Waals surface area contributed by atoms with Gasteiger partial charge in [0.05, 0.1) is 24.6 Å². The highest BCUT2D eigenvalue weighted by molar-refractivity contribution is 7.20. The number of methoxy groups -OCH3 is 2. The van der Waals surface area contributed by atoms with Crippen LogP contribution in [0.4, 0.5) is 4.39 Å². The van der Waals surface area contributed by atoms with Gasteiger partial charge >= 0.3 is 5.69 Å². The molecule has 0 aliphatic heterocycles. The monoisotopic (exact) mass is 456 g/mol. The minimum absolute atomic E-state index is 0.0477. The van der Waals surface area contributed by atoms with E-state index in [0.29, 0.717) is 5.75 Å². The number of benzene rings is 1. The molecular weight excluding hydrogens is 439 g/mol. The molecule has 3 heterocycles. The number of H-pyrrole nitrogens is 1. The second-order valence-corrected chi connectivity index (χ2v) is 7.67. The van der Waals surface area contributed by atoms with E-state index in [1.54, 1.807) is 12.1 Å². The summed E-state index contributed by atoms with van der Waals surface area (Å²) in [6, 6.07) is 10.1. The van der Waals surface area contributed by atoms with Gasteiger partial charge in [-0.2, -0.15) is 4.98 Å². The Kier molecular flexibility index (Phi) is 5.73. The SMILES string of the molecule is COc1ccc(-n2c(=O)[nH]c3cc(C(=O)NCc4ccc(F)cc4)sc3c2=O)nc1OC. The number of nitrogens with one attached hydrogen (secondary N) is 2. The second-order valence-electron chi connectivity index (χ2n) is 6.61. The Morgan fingerprint density at radius 2 is 1.91 bits per heavy atom. The molecule has 0 unspecified atom stereocenters. The fourth-order valence-electron chi connectivity index (χ4n) is 3.04. The third kappa shape index (κ3) is 3.97. The fourth-order valence-corrected chi connectivity index (χ4v) is 4.00. The normalized spacial score (nSPS) is 10.8. The van der Waals surface area contributed by atoms with E-state index in [2.05, 4.69) is 15.3 Å². The Hall–Kier alpha value is -3.99. The largest absolute Gasteiger partial charge is 0.491 e. The summed E-state index contributed by atoms with van der Waals surface area (Å²) < 4.78 is 24.3. The van der Waals surface area contributed by atoms with Crippen LogP contribution in [0.3, 0.4) is 0 Å². The molecule has 3 aromatic heterocycles. The number of thiophene rings is 1. The van der Waals surface area contributed by atoms with Gasteiger partial charge < -0.3 is 19.8 Å². The lowest BCUT2D eigenvalue weighted by atomic mass is 10.2. The van der Waals surface area contributed by atoms with Gasteiger partial charge in [-0.05, 0) is 35.9 Å². The first-order valence-corrected chi connectivity index (χ1v) is 10.1. The highest BCUT2D eigenvalue weighted by Crippen LogP contribution is 2.25. The number of aromatic amines is 1. The van der Waals surface area contributed by atoms with Crippen LogP contribution >= 0.6 is 11.3 Å². The predicted molar refractivity (Wildman–Crippen MR) is 117 cm³/mol. The summed E-state index contributed by atoms with van der Waals surface area (Å²) in [5.41, 5.74) is -0.367. The third-order valence-electron chi connectivity index (χ3n) is 4.62. The van der Waals surface area contributed by atoms with Crippen LogP contribution in [0.15, 0.2) is 52.1 Å². The van der Waals surface area contributed by atoms with Crippen LogP contribution in [0, 0.1) is 5.82 Å². The predicted octanol–water partition coefficient (Wildman–Crippen LogP) is 2.22. The van der Waals surface area contributed by atoms with Crippen molar-refractivity contribution in [3.8, 4) is 17.4 Å². The maximum absolute atomic E-state index is 13.0. The molecule has 9 nitrogen and oxygen atoms in total. The van der Waals surface area contributed by atoms with Crippen molar-refractivity contribution < 1.29 is 18.7 Å². The molecule has 2 N–H and O–H groups in total. The summed E-state index contributed by atoms with van der Waals surface area (Å²) in [5, 5.41) is 2.71. The third-order valence-corrected chi connectivity index (χ3v) is 5.74. The van der Waals surface area contributed by atoms with E-state index in [0.717, 1.165) is 21.5 Å². The van der Waals surface area contributed by atoms with Gasteiger partial charge in [0.2, 0.25) is 0 Å². The van der Waals surface area contributed by atoms with Crippen LogP contribution in [0.2, 0.25) is 0 Å². The van der Waals surface area contributed by atoms with Crippen molar-refractivity contribution in [2.75, 3.05) is 14.2 Å². The Morgan fingerprint density at radius 3 is 2.59 bits per heavy atom. The Balaban J connectivity index is 1.67. The van der Waals surface area contributed by atoms with Crippen molar-refractivity contribution >= 4 is 27.5 Å². The molecule has 1 aromatic carbocycles. The van der Waals surface area contributed by atoms with E-state index in [9.17, 15) is 18.8 Å². The molecule has 1 amide bonds. The van der Waals surface area contributed by atoms with Crippen LogP contribution in [-0.2, 0) is 6.54 Å². The summed E-state index contributed by atoms with van der Waals surface area (Å²) in [6.07, 6.45) is 0. The minimum Gasteiger partial charge on any atom is -0.491 e. The summed E-state index contributed by atoms with van der Waals surface area (Å²) in [5.74, 6) is -0.284. The number of rotatable bonds is 6. The van der Waals surface area contributed by atoms with Gasteiger partial charge in [0.25, 0.3) is 17.3 Å². The smallest absolute Gasteiger partial charge is 0.334 e. The number of nitrogens with zero attached hydrogens (tertiary/aromatic N) is 2. The number of hydrogen-bond donors (Lipinski definition) is 2. The van der Waals surface area contributed by atoms with Gasteiger partial charge in [0.1, 0.15) is 16.3 Å². The molecule has 0 bridgehead atoms. The van der Waals surface area contributed by atoms with Gasteiger partial charge in [-0.3, -0.25) is 9.59 Å². The van der Waals surface area contributed by atoms with Crippen LogP contribution in [0.25, 0.3) is 16.0 Å². The topological polar surface area (TPSA) is 115 Å². The average molecular weight is 456 g/mol. The van der Waals surface area contributed by atoms with Crippen LogP contribution < -0.4 is 26.0 Å². The zero-order valence-corrected chi connectivity index (χ0v) is 17.8. The van der Waals surface area contributed by atoms with E-state index in [1.807, 2.05) is 0 Å². The van der Waals surface area contributed by atoms with Gasteiger partial charge in [-0.1, -0.05) is 12.1 Å². The number of hydrogen-bond acceptors (Lipinski definition) is 7. The van der Waals surface area contributed by atoms with Crippen LogP contribution in [-0.4, -0.2) is 34.7 Å². The Bertz CT molecular complexity index is 1430. The highest BCUT2D eigenvalue weighted by atomic mass is 32.1. The van der Waals surface area contributed by atoms with Gasteiger partial charge in [0, 0.05) is 6.54 Å². The maximum atomic E-state index is 13.0. The molecule has 11 heteroatoms. The molecule has 32 heavy (non-hydrogen) atoms. The number of carbonyl (C=O) groups is 1. The van der Waals surface area contributed by atoms with E-state index in [1.165, 1.54) is 44.6 Å². The van der Waals surface area contributed by atoms with Gasteiger partial charge in [-0.25, -0.2) is 13.8 Å². The fraction of sp³-hybridized carbons (Fsp3) is 0.143. The quantitative estimate of drug-likeness (QED) is 0.460. The van der Waals surface area contributed by atoms with Crippen molar-refractivity contribution in [2.24, 2.45) is 0 Å². The van der Waals surface area contributed by atoms with E-state index in [4.69, 9.17) is 9.47 Å². The van der Waals surface area contributed by atoms with Crippen molar-refractivity contribution in [3.63, 3.8) is 0 Å². The number of carbonyl (C=O) groups excluding carboxylic acids is 1. The first kappa shape index (κ1) is 21.2. The number of amides is 1. The lowest BCUT2D eigenvalue weighted by Gasteiger charge is -2.09. The molecule has 0 aliphatic carbocycles. The van der Waals surface area contributed by atoms with Crippen molar-refractivity contribution in [2.45, 2.75) is 6.54 Å². The molecule has 0 saturated carbocycles. The molecule has 0 saturated heterocycles. The summed E-state index contributed by atoms with van der Waals surface area (Å²) in [6.45, 7) is 0.184. The van der Waals surface area contributed by atoms with Crippen LogP contribution in [0.5, 0.6) is 11.6 Å². The molecule has 4 rings (SSSR count). The van der Waals surface area contributed by atoms with Crippen molar-refractivity contribution in [1.29, 1.82) is 0 Å². The molecular formula is C21H17FN4O5S. The Morgan fingerprint density at radius 1 is 1.16 bits per heavy atom. The lowest BCUT2D eigenvalue weighted by Crippen LogP contribution is -2.33. The number of aromatic nitrogens is 3. The molecule has 0 radical (unpaired) electrons. The maximum Gasteiger partial charge on any atom is 0.334 e. The zero-order chi connectivity index (χ0) is 22.8. The molecule has 0 spiro atoms. The number of fused-ring (bicyclic) bond motifs is 1.